The van der Waals surface area contributed by atoms with E-state index in [4.69, 9.17) is 20.6 Å². The second-order valence-corrected chi connectivity index (χ2v) is 8.06. The zero-order valence-electron chi connectivity index (χ0n) is 11.5. The molecule has 120 valence electrons. The van der Waals surface area contributed by atoms with Crippen molar-refractivity contribution >= 4 is 29.2 Å². The van der Waals surface area contributed by atoms with Crippen LogP contribution < -0.4 is 4.72 Å². The lowest BCUT2D eigenvalue weighted by molar-refractivity contribution is 0.219. The third-order valence-electron chi connectivity index (χ3n) is 2.30. The van der Waals surface area contributed by atoms with Gasteiger partial charge in [0.1, 0.15) is 12.1 Å². The quantitative estimate of drug-likeness (QED) is 0.721. The number of sulfonamides is 1. The fourth-order valence-electron chi connectivity index (χ4n) is 1.41. The SMILES string of the molecule is CCOP(=O)(CNS(=O)(=O)c1ccc(F)c(Cl)c1)OCC. The molecule has 1 aromatic rings. The molecule has 0 aromatic heterocycles. The minimum atomic E-state index is -4.00. The van der Waals surface area contributed by atoms with E-state index in [1.165, 1.54) is 0 Å². The molecule has 0 atom stereocenters. The maximum atomic E-state index is 13.0. The molecule has 0 amide bonds. The van der Waals surface area contributed by atoms with Gasteiger partial charge in [-0.25, -0.2) is 12.8 Å². The largest absolute Gasteiger partial charge is 0.345 e. The molecule has 0 spiro atoms. The highest BCUT2D eigenvalue weighted by Gasteiger charge is 2.27. The van der Waals surface area contributed by atoms with Crippen LogP contribution in [0.3, 0.4) is 0 Å². The van der Waals surface area contributed by atoms with Gasteiger partial charge in [-0.1, -0.05) is 11.6 Å². The Morgan fingerprint density at radius 2 is 1.86 bits per heavy atom. The third-order valence-corrected chi connectivity index (χ3v) is 6.05. The van der Waals surface area contributed by atoms with Gasteiger partial charge >= 0.3 is 7.60 Å². The van der Waals surface area contributed by atoms with E-state index < -0.39 is 29.7 Å². The van der Waals surface area contributed by atoms with Gasteiger partial charge in [-0.2, -0.15) is 4.72 Å². The molecule has 0 bridgehead atoms. The summed E-state index contributed by atoms with van der Waals surface area (Å²) >= 11 is 5.54. The zero-order chi connectivity index (χ0) is 16.1. The van der Waals surface area contributed by atoms with Crippen molar-refractivity contribution in [2.24, 2.45) is 0 Å². The van der Waals surface area contributed by atoms with Crippen LogP contribution in [0.25, 0.3) is 0 Å². The summed E-state index contributed by atoms with van der Waals surface area (Å²) in [5.74, 6) is -0.732. The minimum absolute atomic E-state index is 0.112. The first-order chi connectivity index (χ1) is 9.74. The zero-order valence-corrected chi connectivity index (χ0v) is 14.0. The Morgan fingerprint density at radius 3 is 2.33 bits per heavy atom. The number of nitrogens with one attached hydrogen (secondary N) is 1. The van der Waals surface area contributed by atoms with E-state index in [-0.39, 0.29) is 23.1 Å². The van der Waals surface area contributed by atoms with E-state index in [9.17, 15) is 17.4 Å². The summed E-state index contributed by atoms with van der Waals surface area (Å²) in [4.78, 5) is -0.242. The standard InChI is InChI=1S/C11H16ClFNO5PS/c1-3-18-20(15,19-4-2)8-14-21(16,17)9-5-6-11(13)10(12)7-9/h5-7,14H,3-4,8H2,1-2H3. The van der Waals surface area contributed by atoms with Crippen LogP contribution in [0, 0.1) is 5.82 Å². The topological polar surface area (TPSA) is 81.7 Å². The molecule has 0 saturated heterocycles. The summed E-state index contributed by atoms with van der Waals surface area (Å²) in [5, 5.41) is -0.323. The second-order valence-electron chi connectivity index (χ2n) is 3.83. The number of halogens is 2. The molecule has 6 nitrogen and oxygen atoms in total. The van der Waals surface area contributed by atoms with Gasteiger partial charge in [-0.05, 0) is 32.0 Å². The number of hydrogen-bond acceptors (Lipinski definition) is 5. The predicted molar refractivity (Wildman–Crippen MR) is 77.5 cm³/mol. The van der Waals surface area contributed by atoms with E-state index in [1.54, 1.807) is 13.8 Å². The summed E-state index contributed by atoms with van der Waals surface area (Å²) in [6.07, 6.45) is -0.522. The molecule has 0 aliphatic rings. The smallest absolute Gasteiger partial charge is 0.308 e. The Morgan fingerprint density at radius 1 is 1.29 bits per heavy atom. The van der Waals surface area contributed by atoms with Crippen LogP contribution in [0.15, 0.2) is 23.1 Å². The minimum Gasteiger partial charge on any atom is -0.308 e. The molecule has 0 saturated carbocycles. The van der Waals surface area contributed by atoms with E-state index in [1.807, 2.05) is 0 Å². The molecule has 1 aromatic carbocycles. The van der Waals surface area contributed by atoms with Crippen LogP contribution in [-0.4, -0.2) is 27.9 Å². The fraction of sp³-hybridized carbons (Fsp3) is 0.455. The maximum Gasteiger partial charge on any atom is 0.345 e. The van der Waals surface area contributed by atoms with E-state index in [0.29, 0.717) is 0 Å². The highest BCUT2D eigenvalue weighted by atomic mass is 35.5. The Bertz CT molecular complexity index is 630. The van der Waals surface area contributed by atoms with Crippen LogP contribution in [0.2, 0.25) is 5.02 Å². The summed E-state index contributed by atoms with van der Waals surface area (Å²) in [5.41, 5.74) is 0. The van der Waals surface area contributed by atoms with E-state index >= 15 is 0 Å². The molecule has 21 heavy (non-hydrogen) atoms. The molecule has 0 aliphatic carbocycles. The maximum absolute atomic E-state index is 13.0. The molecule has 0 radical (unpaired) electrons. The van der Waals surface area contributed by atoms with Gasteiger partial charge < -0.3 is 9.05 Å². The first kappa shape index (κ1) is 18.5. The Labute approximate surface area is 128 Å². The highest BCUT2D eigenvalue weighted by molar-refractivity contribution is 7.89. The molecule has 0 aliphatic heterocycles. The second kappa shape index (κ2) is 7.67. The van der Waals surface area contributed by atoms with Gasteiger partial charge in [0, 0.05) is 0 Å². The van der Waals surface area contributed by atoms with Crippen LogP contribution in [0.1, 0.15) is 13.8 Å². The summed E-state index contributed by atoms with van der Waals surface area (Å²) in [7, 11) is -7.56. The number of benzene rings is 1. The van der Waals surface area contributed by atoms with Gasteiger partial charge in [0.2, 0.25) is 10.0 Å². The Hall–Kier alpha value is -0.500. The van der Waals surface area contributed by atoms with Crippen molar-refractivity contribution in [2.75, 3.05) is 19.5 Å². The molecule has 0 unspecified atom stereocenters. The molecule has 0 fully saturated rings. The number of rotatable bonds is 8. The lowest BCUT2D eigenvalue weighted by Crippen LogP contribution is -2.26. The van der Waals surface area contributed by atoms with Gasteiger partial charge in [-0.15, -0.1) is 0 Å². The van der Waals surface area contributed by atoms with Crippen molar-refractivity contribution in [3.63, 3.8) is 0 Å². The lowest BCUT2D eigenvalue weighted by atomic mass is 10.3. The average Bonchev–Trinajstić information content (AvgIpc) is 2.40. The Kier molecular flexibility index (Phi) is 6.77. The fourth-order valence-corrected chi connectivity index (χ4v) is 4.70. The average molecular weight is 360 g/mol. The van der Waals surface area contributed by atoms with E-state index in [2.05, 4.69) is 4.72 Å². The van der Waals surface area contributed by atoms with E-state index in [0.717, 1.165) is 18.2 Å². The van der Waals surface area contributed by atoms with Crippen LogP contribution in [0.5, 0.6) is 0 Å². The Balaban J connectivity index is 2.89. The van der Waals surface area contributed by atoms with Crippen molar-refractivity contribution in [2.45, 2.75) is 18.7 Å². The molecule has 1 N–H and O–H groups in total. The molecule has 1 rings (SSSR count). The van der Waals surface area contributed by atoms with Gasteiger partial charge in [-0.3, -0.25) is 4.57 Å². The normalized spacial score (nSPS) is 12.6. The predicted octanol–water partition coefficient (Wildman–Crippen LogP) is 2.98. The summed E-state index contributed by atoms with van der Waals surface area (Å²) in [6, 6.07) is 2.95. The molecular weight excluding hydrogens is 344 g/mol. The lowest BCUT2D eigenvalue weighted by Gasteiger charge is -2.17. The highest BCUT2D eigenvalue weighted by Crippen LogP contribution is 2.46. The van der Waals surface area contributed by atoms with Crippen LogP contribution >= 0.6 is 19.2 Å². The van der Waals surface area contributed by atoms with Crippen molar-refractivity contribution in [3.8, 4) is 0 Å². The first-order valence-electron chi connectivity index (χ1n) is 6.07. The van der Waals surface area contributed by atoms with Crippen molar-refractivity contribution in [1.29, 1.82) is 0 Å². The summed E-state index contributed by atoms with van der Waals surface area (Å²) < 4.78 is 61.3. The third kappa shape index (κ3) is 5.32. The first-order valence-corrected chi connectivity index (χ1v) is 9.66. The molecule has 0 heterocycles. The van der Waals surface area contributed by atoms with Gasteiger partial charge in [0.25, 0.3) is 0 Å². The van der Waals surface area contributed by atoms with Crippen molar-refractivity contribution in [1.82, 2.24) is 4.72 Å². The van der Waals surface area contributed by atoms with Crippen molar-refractivity contribution in [3.05, 3.63) is 29.0 Å². The number of hydrogen-bond donors (Lipinski definition) is 1. The summed E-state index contributed by atoms with van der Waals surface area (Å²) in [6.45, 7) is 3.45. The van der Waals surface area contributed by atoms with Crippen LogP contribution in [-0.2, 0) is 23.6 Å². The van der Waals surface area contributed by atoms with Gasteiger partial charge in [0.05, 0.1) is 23.1 Å². The van der Waals surface area contributed by atoms with Crippen LogP contribution in [0.4, 0.5) is 4.39 Å². The molecular formula is C11H16ClFNO5PS. The van der Waals surface area contributed by atoms with Gasteiger partial charge in [0.15, 0.2) is 0 Å². The monoisotopic (exact) mass is 359 g/mol. The van der Waals surface area contributed by atoms with Crippen molar-refractivity contribution < 1.29 is 26.4 Å². The molecule has 10 heteroatoms.